The highest BCUT2D eigenvalue weighted by Crippen LogP contribution is 2.30. The Morgan fingerprint density at radius 3 is 2.86 bits per heavy atom. The molecule has 0 aliphatic carbocycles. The van der Waals surface area contributed by atoms with E-state index in [4.69, 9.17) is 11.6 Å². The highest BCUT2D eigenvalue weighted by atomic mass is 35.5. The maximum absolute atomic E-state index is 12.4. The van der Waals surface area contributed by atoms with Gasteiger partial charge in [0.05, 0.1) is 22.8 Å². The van der Waals surface area contributed by atoms with Crippen LogP contribution in [0.3, 0.4) is 0 Å². The molecule has 1 amide bonds. The number of nitrogens with one attached hydrogen (secondary N) is 1. The number of carbonyl (C=O) groups is 1. The smallest absolute Gasteiger partial charge is 0.230 e. The van der Waals surface area contributed by atoms with Crippen molar-refractivity contribution < 1.29 is 4.79 Å². The fraction of sp³-hybridized carbons (Fsp3) is 0.105. The Balaban J connectivity index is 1.44. The molecule has 140 valence electrons. The van der Waals surface area contributed by atoms with Crippen LogP contribution >= 0.6 is 22.9 Å². The van der Waals surface area contributed by atoms with Gasteiger partial charge in [0.15, 0.2) is 0 Å². The van der Waals surface area contributed by atoms with Gasteiger partial charge >= 0.3 is 0 Å². The second-order valence-corrected chi connectivity index (χ2v) is 7.37. The van der Waals surface area contributed by atoms with Crippen molar-refractivity contribution in [1.82, 2.24) is 25.2 Å². The second-order valence-electron chi connectivity index (χ2n) is 6.10. The zero-order chi connectivity index (χ0) is 19.5. The van der Waals surface area contributed by atoms with E-state index in [1.165, 1.54) is 17.7 Å². The SMILES string of the molecule is Cc1cc(NC(=O)Cc2csc(-c3ccccc3Cl)n2)ccc1-n1cnnn1. The van der Waals surface area contributed by atoms with Crippen molar-refractivity contribution in [3.8, 4) is 16.3 Å². The highest BCUT2D eigenvalue weighted by Gasteiger charge is 2.12. The number of halogens is 1. The summed E-state index contributed by atoms with van der Waals surface area (Å²) in [6.07, 6.45) is 1.72. The largest absolute Gasteiger partial charge is 0.326 e. The van der Waals surface area contributed by atoms with E-state index in [-0.39, 0.29) is 12.3 Å². The molecule has 2 aromatic carbocycles. The molecule has 2 heterocycles. The predicted octanol–water partition coefficient (Wildman–Crippen LogP) is 3.93. The Morgan fingerprint density at radius 2 is 2.11 bits per heavy atom. The van der Waals surface area contributed by atoms with E-state index in [2.05, 4.69) is 25.8 Å². The number of hydrogen-bond donors (Lipinski definition) is 1. The van der Waals surface area contributed by atoms with Crippen LogP contribution in [0.4, 0.5) is 5.69 Å². The van der Waals surface area contributed by atoms with Gasteiger partial charge in [0.1, 0.15) is 11.3 Å². The molecule has 9 heteroatoms. The third-order valence-corrected chi connectivity index (χ3v) is 5.33. The topological polar surface area (TPSA) is 85.6 Å². The van der Waals surface area contributed by atoms with E-state index in [1.807, 2.05) is 54.8 Å². The highest BCUT2D eigenvalue weighted by molar-refractivity contribution is 7.13. The van der Waals surface area contributed by atoms with Gasteiger partial charge in [-0.05, 0) is 47.2 Å². The first kappa shape index (κ1) is 18.3. The second kappa shape index (κ2) is 7.87. The van der Waals surface area contributed by atoms with Crippen LogP contribution in [-0.2, 0) is 11.2 Å². The number of tetrazole rings is 1. The number of nitrogens with zero attached hydrogens (tertiary/aromatic N) is 5. The molecule has 0 saturated carbocycles. The quantitative estimate of drug-likeness (QED) is 0.538. The molecule has 0 bridgehead atoms. The van der Waals surface area contributed by atoms with Crippen LogP contribution in [0.15, 0.2) is 54.2 Å². The van der Waals surface area contributed by atoms with Crippen molar-refractivity contribution in [2.45, 2.75) is 13.3 Å². The lowest BCUT2D eigenvalue weighted by Gasteiger charge is -2.08. The third kappa shape index (κ3) is 3.92. The molecule has 0 unspecified atom stereocenters. The summed E-state index contributed by atoms with van der Waals surface area (Å²) in [7, 11) is 0. The van der Waals surface area contributed by atoms with Gasteiger partial charge in [-0.25, -0.2) is 9.67 Å². The molecule has 0 aliphatic heterocycles. The molecule has 0 atom stereocenters. The molecule has 4 rings (SSSR count). The molecule has 28 heavy (non-hydrogen) atoms. The number of anilines is 1. The summed E-state index contributed by atoms with van der Waals surface area (Å²) < 4.78 is 1.58. The maximum atomic E-state index is 12.4. The normalized spacial score (nSPS) is 10.8. The van der Waals surface area contributed by atoms with Crippen LogP contribution in [0, 0.1) is 6.92 Å². The third-order valence-electron chi connectivity index (χ3n) is 4.07. The lowest BCUT2D eigenvalue weighted by Crippen LogP contribution is -2.15. The predicted molar refractivity (Wildman–Crippen MR) is 109 cm³/mol. The molecule has 0 saturated heterocycles. The molecular formula is C19H15ClN6OS. The van der Waals surface area contributed by atoms with Crippen LogP contribution in [0.1, 0.15) is 11.3 Å². The Kier molecular flexibility index (Phi) is 5.14. The Morgan fingerprint density at radius 1 is 1.25 bits per heavy atom. The van der Waals surface area contributed by atoms with Crippen LogP contribution in [-0.4, -0.2) is 31.1 Å². The van der Waals surface area contributed by atoms with Crippen LogP contribution in [0.5, 0.6) is 0 Å². The first-order valence-electron chi connectivity index (χ1n) is 8.43. The zero-order valence-electron chi connectivity index (χ0n) is 14.8. The van der Waals surface area contributed by atoms with Crippen molar-refractivity contribution >= 4 is 34.5 Å². The van der Waals surface area contributed by atoms with Crippen molar-refractivity contribution in [3.63, 3.8) is 0 Å². The Bertz CT molecular complexity index is 1130. The fourth-order valence-electron chi connectivity index (χ4n) is 2.78. The number of hydrogen-bond acceptors (Lipinski definition) is 6. The van der Waals surface area contributed by atoms with Gasteiger partial charge < -0.3 is 5.32 Å². The van der Waals surface area contributed by atoms with Crippen molar-refractivity contribution in [2.75, 3.05) is 5.32 Å². The average Bonchev–Trinajstić information content (AvgIpc) is 3.34. The molecule has 0 radical (unpaired) electrons. The monoisotopic (exact) mass is 410 g/mol. The number of aromatic nitrogens is 5. The number of carbonyl (C=O) groups excluding carboxylic acids is 1. The molecule has 4 aromatic rings. The molecule has 0 aliphatic rings. The Hall–Kier alpha value is -3.10. The fourth-order valence-corrected chi connectivity index (χ4v) is 3.92. The van der Waals surface area contributed by atoms with Gasteiger partial charge in [-0.3, -0.25) is 4.79 Å². The first-order chi connectivity index (χ1) is 13.6. The van der Waals surface area contributed by atoms with Gasteiger partial charge in [-0.1, -0.05) is 29.8 Å². The molecule has 2 aromatic heterocycles. The number of thiazole rings is 1. The summed E-state index contributed by atoms with van der Waals surface area (Å²) in [5.74, 6) is -0.134. The van der Waals surface area contributed by atoms with Crippen LogP contribution < -0.4 is 5.32 Å². The van der Waals surface area contributed by atoms with Gasteiger partial charge in [0.25, 0.3) is 0 Å². The minimum atomic E-state index is -0.134. The summed E-state index contributed by atoms with van der Waals surface area (Å²) in [5.41, 5.74) is 4.08. The summed E-state index contributed by atoms with van der Waals surface area (Å²) in [5, 5.41) is 17.4. The summed E-state index contributed by atoms with van der Waals surface area (Å²) in [6, 6.07) is 13.1. The number of aryl methyl sites for hydroxylation is 1. The summed E-state index contributed by atoms with van der Waals surface area (Å²) in [4.78, 5) is 16.9. The number of rotatable bonds is 5. The van der Waals surface area contributed by atoms with Gasteiger partial charge in [0, 0.05) is 16.6 Å². The van der Waals surface area contributed by atoms with Crippen LogP contribution in [0.25, 0.3) is 16.3 Å². The molecule has 0 spiro atoms. The first-order valence-corrected chi connectivity index (χ1v) is 9.69. The van der Waals surface area contributed by atoms with E-state index >= 15 is 0 Å². The van der Waals surface area contributed by atoms with Gasteiger partial charge in [0.2, 0.25) is 5.91 Å². The van der Waals surface area contributed by atoms with Gasteiger partial charge in [-0.2, -0.15) is 0 Å². The minimum absolute atomic E-state index is 0.134. The standard InChI is InChI=1S/C19H15ClN6OS/c1-12-8-13(6-7-17(12)26-11-21-24-25-26)22-18(27)9-14-10-28-19(23-14)15-4-2-3-5-16(15)20/h2-8,10-11H,9H2,1H3,(H,22,27). The lowest BCUT2D eigenvalue weighted by molar-refractivity contribution is -0.115. The molecule has 7 nitrogen and oxygen atoms in total. The summed E-state index contributed by atoms with van der Waals surface area (Å²) >= 11 is 7.69. The van der Waals surface area contributed by atoms with Crippen LogP contribution in [0.2, 0.25) is 5.02 Å². The molecule has 1 N–H and O–H groups in total. The average molecular weight is 411 g/mol. The minimum Gasteiger partial charge on any atom is -0.326 e. The zero-order valence-corrected chi connectivity index (χ0v) is 16.4. The van der Waals surface area contributed by atoms with Crippen molar-refractivity contribution in [1.29, 1.82) is 0 Å². The molecular weight excluding hydrogens is 396 g/mol. The maximum Gasteiger partial charge on any atom is 0.230 e. The van der Waals surface area contributed by atoms with Crippen molar-refractivity contribution in [3.05, 3.63) is 70.5 Å². The van der Waals surface area contributed by atoms with Crippen molar-refractivity contribution in [2.24, 2.45) is 0 Å². The number of benzene rings is 2. The van der Waals surface area contributed by atoms with E-state index in [9.17, 15) is 4.79 Å². The van der Waals surface area contributed by atoms with E-state index < -0.39 is 0 Å². The lowest BCUT2D eigenvalue weighted by atomic mass is 10.1. The summed E-state index contributed by atoms with van der Waals surface area (Å²) in [6.45, 7) is 1.93. The van der Waals surface area contributed by atoms with E-state index in [0.717, 1.165) is 21.8 Å². The van der Waals surface area contributed by atoms with E-state index in [1.54, 1.807) is 4.68 Å². The van der Waals surface area contributed by atoms with E-state index in [0.29, 0.717) is 16.4 Å². The molecule has 0 fully saturated rings. The van der Waals surface area contributed by atoms with Gasteiger partial charge in [-0.15, -0.1) is 16.4 Å². The Labute approximate surface area is 170 Å². The number of amides is 1.